The molecule has 70 valence electrons. The number of benzene rings is 1. The van der Waals surface area contributed by atoms with Gasteiger partial charge in [0.15, 0.2) is 0 Å². The van der Waals surface area contributed by atoms with Gasteiger partial charge in [0.2, 0.25) is 0 Å². The molecule has 0 aliphatic heterocycles. The van der Waals surface area contributed by atoms with E-state index in [4.69, 9.17) is 0 Å². The molecule has 0 aliphatic rings. The molecule has 0 fully saturated rings. The predicted molar refractivity (Wildman–Crippen MR) is 61.6 cm³/mol. The van der Waals surface area contributed by atoms with Crippen molar-refractivity contribution >= 4 is 31.9 Å². The van der Waals surface area contributed by atoms with Crippen LogP contribution in [0.3, 0.4) is 0 Å². The van der Waals surface area contributed by atoms with Gasteiger partial charge in [0.1, 0.15) is 0 Å². The molecule has 1 nitrogen and oxygen atoms in total. The fourth-order valence-electron chi connectivity index (χ4n) is 1.05. The van der Waals surface area contributed by atoms with E-state index in [1.165, 1.54) is 0 Å². The average Bonchev–Trinajstić information content (AvgIpc) is 2.09. The van der Waals surface area contributed by atoms with Gasteiger partial charge in [-0.25, -0.2) is 0 Å². The summed E-state index contributed by atoms with van der Waals surface area (Å²) in [6.45, 7) is 3.59. The molecule has 0 bridgehead atoms. The minimum atomic E-state index is -0.482. The molecule has 0 aliphatic carbocycles. The van der Waals surface area contributed by atoms with E-state index < -0.39 is 6.10 Å². The fourth-order valence-corrected chi connectivity index (χ4v) is 1.94. The van der Waals surface area contributed by atoms with Crippen molar-refractivity contribution in [1.82, 2.24) is 0 Å². The summed E-state index contributed by atoms with van der Waals surface area (Å²) in [4.78, 5) is 0. The lowest BCUT2D eigenvalue weighted by molar-refractivity contribution is 0.181. The summed E-state index contributed by atoms with van der Waals surface area (Å²) in [5.41, 5.74) is 0.884. The molecule has 0 heterocycles. The Balaban J connectivity index is 2.97. The minimum Gasteiger partial charge on any atom is -0.388 e. The van der Waals surface area contributed by atoms with Crippen LogP contribution >= 0.6 is 31.9 Å². The van der Waals surface area contributed by atoms with E-state index in [0.717, 1.165) is 14.5 Å². The molecule has 0 saturated carbocycles. The van der Waals surface area contributed by atoms with Crippen LogP contribution in [0.25, 0.3) is 0 Å². The van der Waals surface area contributed by atoms with Crippen LogP contribution in [0.2, 0.25) is 0 Å². The third kappa shape index (κ3) is 2.93. The molecule has 1 N–H and O–H groups in total. The second-order valence-corrected chi connectivity index (χ2v) is 4.48. The van der Waals surface area contributed by atoms with Crippen LogP contribution < -0.4 is 0 Å². The van der Waals surface area contributed by atoms with Crippen molar-refractivity contribution in [1.29, 1.82) is 0 Å². The van der Waals surface area contributed by atoms with Crippen LogP contribution in [0.5, 0.6) is 0 Å². The first-order valence-electron chi connectivity index (χ1n) is 3.89. The Labute approximate surface area is 94.7 Å². The molecule has 1 rings (SSSR count). The van der Waals surface area contributed by atoms with Crippen molar-refractivity contribution < 1.29 is 5.11 Å². The Morgan fingerprint density at radius 1 is 1.46 bits per heavy atom. The zero-order valence-corrected chi connectivity index (χ0v) is 10.2. The summed E-state index contributed by atoms with van der Waals surface area (Å²) in [6, 6.07) is 5.73. The number of rotatable bonds is 3. The Hall–Kier alpha value is -0.120. The molecule has 0 aromatic heterocycles. The van der Waals surface area contributed by atoms with Gasteiger partial charge in [-0.05, 0) is 30.2 Å². The molecule has 3 heteroatoms. The maximum atomic E-state index is 9.70. The molecule has 0 radical (unpaired) electrons. The van der Waals surface area contributed by atoms with Gasteiger partial charge in [0.05, 0.1) is 6.10 Å². The smallest absolute Gasteiger partial charge is 0.0835 e. The Morgan fingerprint density at radius 2 is 2.15 bits per heavy atom. The predicted octanol–water partition coefficient (Wildman–Crippen LogP) is 3.82. The molecule has 1 aromatic carbocycles. The third-order valence-corrected chi connectivity index (χ3v) is 2.92. The number of halogens is 2. The molecular weight excluding hydrogens is 296 g/mol. The number of hydrogen-bond donors (Lipinski definition) is 1. The van der Waals surface area contributed by atoms with Gasteiger partial charge >= 0.3 is 0 Å². The summed E-state index contributed by atoms with van der Waals surface area (Å²) in [5.74, 6) is 0. The normalized spacial score (nSPS) is 12.5. The van der Waals surface area contributed by atoms with Gasteiger partial charge in [0, 0.05) is 8.95 Å². The second-order valence-electron chi connectivity index (χ2n) is 2.71. The van der Waals surface area contributed by atoms with E-state index in [9.17, 15) is 5.11 Å². The van der Waals surface area contributed by atoms with E-state index in [1.807, 2.05) is 18.2 Å². The van der Waals surface area contributed by atoms with E-state index in [2.05, 4.69) is 38.4 Å². The Kier molecular flexibility index (Phi) is 4.16. The van der Waals surface area contributed by atoms with Gasteiger partial charge in [0.25, 0.3) is 0 Å². The summed E-state index contributed by atoms with van der Waals surface area (Å²) in [6.07, 6.45) is 1.79. The molecular formula is C10H10Br2O. The highest BCUT2D eigenvalue weighted by molar-refractivity contribution is 9.11. The molecule has 13 heavy (non-hydrogen) atoms. The van der Waals surface area contributed by atoms with Crippen molar-refractivity contribution in [3.05, 3.63) is 45.4 Å². The van der Waals surface area contributed by atoms with Crippen LogP contribution in [-0.2, 0) is 0 Å². The van der Waals surface area contributed by atoms with Crippen molar-refractivity contribution in [2.75, 3.05) is 0 Å². The van der Waals surface area contributed by atoms with Crippen molar-refractivity contribution in [2.24, 2.45) is 0 Å². The number of aliphatic hydroxyl groups is 1. The standard InChI is InChI=1S/C10H10Br2O/c1-2-3-10(13)8-6-7(11)4-5-9(8)12/h2,4-6,10,13H,1,3H2. The third-order valence-electron chi connectivity index (χ3n) is 1.71. The van der Waals surface area contributed by atoms with Gasteiger partial charge in [-0.2, -0.15) is 0 Å². The lowest BCUT2D eigenvalue weighted by Crippen LogP contribution is -1.96. The van der Waals surface area contributed by atoms with E-state index in [0.29, 0.717) is 6.42 Å². The molecule has 1 unspecified atom stereocenters. The van der Waals surface area contributed by atoms with Crippen molar-refractivity contribution in [2.45, 2.75) is 12.5 Å². The van der Waals surface area contributed by atoms with E-state index in [-0.39, 0.29) is 0 Å². The van der Waals surface area contributed by atoms with Gasteiger partial charge in [-0.3, -0.25) is 0 Å². The van der Waals surface area contributed by atoms with Crippen LogP contribution in [0.4, 0.5) is 0 Å². The lowest BCUT2D eigenvalue weighted by Gasteiger charge is -2.10. The monoisotopic (exact) mass is 304 g/mol. The van der Waals surface area contributed by atoms with Crippen LogP contribution in [0.1, 0.15) is 18.1 Å². The van der Waals surface area contributed by atoms with E-state index in [1.54, 1.807) is 6.08 Å². The van der Waals surface area contributed by atoms with Gasteiger partial charge < -0.3 is 5.11 Å². The largest absolute Gasteiger partial charge is 0.388 e. The highest BCUT2D eigenvalue weighted by atomic mass is 79.9. The quantitative estimate of drug-likeness (QED) is 0.842. The highest BCUT2D eigenvalue weighted by Gasteiger charge is 2.09. The molecule has 1 aromatic rings. The summed E-state index contributed by atoms with van der Waals surface area (Å²) < 4.78 is 1.89. The van der Waals surface area contributed by atoms with Crippen LogP contribution in [-0.4, -0.2) is 5.11 Å². The summed E-state index contributed by atoms with van der Waals surface area (Å²) in [5, 5.41) is 9.70. The SMILES string of the molecule is C=CCC(O)c1cc(Br)ccc1Br. The lowest BCUT2D eigenvalue weighted by atomic mass is 10.1. The first-order chi connectivity index (χ1) is 6.15. The number of hydrogen-bond acceptors (Lipinski definition) is 1. The summed E-state index contributed by atoms with van der Waals surface area (Å²) >= 11 is 6.74. The van der Waals surface area contributed by atoms with Crippen molar-refractivity contribution in [3.8, 4) is 0 Å². The first kappa shape index (κ1) is 11.0. The maximum absolute atomic E-state index is 9.70. The van der Waals surface area contributed by atoms with Crippen molar-refractivity contribution in [3.63, 3.8) is 0 Å². The average molecular weight is 306 g/mol. The highest BCUT2D eigenvalue weighted by Crippen LogP contribution is 2.28. The topological polar surface area (TPSA) is 20.2 Å². The van der Waals surface area contributed by atoms with E-state index >= 15 is 0 Å². The first-order valence-corrected chi connectivity index (χ1v) is 5.47. The summed E-state index contributed by atoms with van der Waals surface area (Å²) in [7, 11) is 0. The fraction of sp³-hybridized carbons (Fsp3) is 0.200. The molecule has 0 saturated heterocycles. The number of aliphatic hydroxyl groups excluding tert-OH is 1. The zero-order valence-electron chi connectivity index (χ0n) is 7.00. The van der Waals surface area contributed by atoms with Gasteiger partial charge in [-0.15, -0.1) is 6.58 Å². The maximum Gasteiger partial charge on any atom is 0.0835 e. The zero-order chi connectivity index (χ0) is 9.84. The Bertz CT molecular complexity index is 310. The molecule has 0 spiro atoms. The molecule has 0 amide bonds. The minimum absolute atomic E-state index is 0.482. The molecule has 1 atom stereocenters. The van der Waals surface area contributed by atoms with Crippen LogP contribution in [0.15, 0.2) is 39.8 Å². The Morgan fingerprint density at radius 3 is 2.77 bits per heavy atom. The second kappa shape index (κ2) is 4.94. The van der Waals surface area contributed by atoms with Crippen LogP contribution in [0, 0.1) is 0 Å². The van der Waals surface area contributed by atoms with Gasteiger partial charge in [-0.1, -0.05) is 37.9 Å².